The van der Waals surface area contributed by atoms with Gasteiger partial charge in [0.05, 0.1) is 0 Å². The van der Waals surface area contributed by atoms with E-state index in [4.69, 9.17) is 6.80 Å². The van der Waals surface area contributed by atoms with Crippen molar-refractivity contribution >= 4 is 97.3 Å². The summed E-state index contributed by atoms with van der Waals surface area (Å²) in [6.45, 7) is 0. The zero-order chi connectivity index (χ0) is 65.1. The summed E-state index contributed by atoms with van der Waals surface area (Å²) >= 11 is -2.25. The maximum atomic E-state index is 11.3. The Balaban J connectivity index is 0.000000116. The van der Waals surface area contributed by atoms with Crippen molar-refractivity contribution in [3.63, 3.8) is 0 Å². The van der Waals surface area contributed by atoms with E-state index < -0.39 is 18.5 Å². The van der Waals surface area contributed by atoms with Gasteiger partial charge in [-0.15, -0.1) is 0 Å². The van der Waals surface area contributed by atoms with Crippen molar-refractivity contribution in [1.29, 1.82) is 0 Å². The van der Waals surface area contributed by atoms with Crippen molar-refractivity contribution in [2.45, 2.75) is 0 Å². The van der Waals surface area contributed by atoms with Crippen LogP contribution in [0, 0.1) is 0 Å². The second kappa shape index (κ2) is 26.4. The molecule has 9 heteroatoms. The van der Waals surface area contributed by atoms with Crippen LogP contribution in [0.5, 0.6) is 17.2 Å². The van der Waals surface area contributed by atoms with Crippen LogP contribution in [-0.2, 0) is 25.3 Å². The van der Waals surface area contributed by atoms with E-state index in [0.29, 0.717) is 16.6 Å². The molecule has 0 bridgehead atoms. The van der Waals surface area contributed by atoms with Crippen LogP contribution in [0.15, 0.2) is 328 Å². The molecule has 456 valence electrons. The molecular weight excluding hydrogens is 1350 g/mol. The number of pyridine rings is 3. The van der Waals surface area contributed by atoms with Gasteiger partial charge in [-0.3, -0.25) is 15.0 Å². The van der Waals surface area contributed by atoms with Crippen molar-refractivity contribution in [3.05, 3.63) is 328 Å². The molecule has 3 N–H and O–H groups in total. The van der Waals surface area contributed by atoms with Gasteiger partial charge in [0.25, 0.3) is 0 Å². The van der Waals surface area contributed by atoms with Crippen LogP contribution in [0.3, 0.4) is 0 Å². The van der Waals surface area contributed by atoms with Crippen molar-refractivity contribution < 1.29 is 40.6 Å². The number of phenols is 3. The Morgan fingerprint density at radius 1 is 0.198 bits per heavy atom. The summed E-state index contributed by atoms with van der Waals surface area (Å²) in [7, 11) is 0. The molecule has 0 aliphatic heterocycles. The second-order valence-corrected chi connectivity index (χ2v) is 23.9. The molecule has 18 rings (SSSR count). The summed E-state index contributed by atoms with van der Waals surface area (Å²) in [4.78, 5) is 13.7. The fraction of sp³-hybridized carbons (Fsp3) is 0. The van der Waals surface area contributed by atoms with Crippen LogP contribution >= 0.6 is 0 Å². The molecule has 0 spiro atoms. The van der Waals surface area contributed by atoms with Gasteiger partial charge in [-0.2, -0.15) is 0 Å². The third-order valence-corrected chi connectivity index (χ3v) is 18.1. The summed E-state index contributed by atoms with van der Waals surface area (Å²) in [5.41, 5.74) is 13.9. The molecule has 0 unspecified atom stereocenters. The molecule has 0 radical (unpaired) electrons. The van der Waals surface area contributed by atoms with E-state index in [1.54, 1.807) is 18.6 Å². The van der Waals surface area contributed by atoms with Gasteiger partial charge in [0.2, 0.25) is 0 Å². The van der Waals surface area contributed by atoms with Crippen LogP contribution in [0.1, 0.15) is 0 Å². The number of aromatic nitrogens is 3. The average molecular weight is 1410 g/mol. The van der Waals surface area contributed by atoms with E-state index in [1.807, 2.05) is 91.0 Å². The zero-order valence-electron chi connectivity index (χ0n) is 51.6. The van der Waals surface area contributed by atoms with Gasteiger partial charge in [-0.25, -0.2) is 0 Å². The molecule has 0 amide bonds. The molecular formula is C87H57N3O5W. The Labute approximate surface area is 561 Å². The van der Waals surface area contributed by atoms with E-state index in [9.17, 15) is 15.3 Å². The van der Waals surface area contributed by atoms with Crippen LogP contribution in [-0.4, -0.2) is 30.3 Å². The molecule has 0 saturated carbocycles. The standard InChI is InChI=1S/3C29H19NO.2O.W/c3*31-29-27(24-15-6-11-20-9-2-4-13-22(20)24)18-26(25-16-7-17-30-28(25)29)23-14-5-10-19-8-1-3-12-21(19)23;;;/h3*1-18,31H;;;. The molecule has 8 nitrogen and oxygen atoms in total. The first-order valence-corrected chi connectivity index (χ1v) is 33.9. The average Bonchev–Trinajstić information content (AvgIpc) is 0.768. The molecule has 0 atom stereocenters. The second-order valence-electron chi connectivity index (χ2n) is 23.4. The van der Waals surface area contributed by atoms with Gasteiger partial charge in [-0.05, 0) is 151 Å². The Morgan fingerprint density at radius 2 is 0.375 bits per heavy atom. The van der Waals surface area contributed by atoms with E-state index in [-0.39, 0.29) is 17.2 Å². The molecule has 3 aromatic heterocycles. The number of aromatic hydroxyl groups is 3. The predicted molar refractivity (Wildman–Crippen MR) is 389 cm³/mol. The van der Waals surface area contributed by atoms with E-state index >= 15 is 0 Å². The molecule has 0 aliphatic rings. The number of phenolic OH excluding ortho intramolecular Hbond substituents is 3. The Bertz CT molecular complexity index is 5470. The van der Waals surface area contributed by atoms with E-state index in [1.165, 1.54) is 32.3 Å². The van der Waals surface area contributed by atoms with E-state index in [2.05, 4.69) is 233 Å². The summed E-state index contributed by atoms with van der Waals surface area (Å²) in [6, 6.07) is 106. The quantitative estimate of drug-likeness (QED) is 0.150. The Hall–Kier alpha value is -12.2. The van der Waals surface area contributed by atoms with Crippen molar-refractivity contribution in [1.82, 2.24) is 15.0 Å². The number of hydrogen-bond donors (Lipinski definition) is 3. The van der Waals surface area contributed by atoms with Crippen molar-refractivity contribution in [2.75, 3.05) is 0 Å². The van der Waals surface area contributed by atoms with Crippen LogP contribution < -0.4 is 0 Å². The summed E-state index contributed by atoms with van der Waals surface area (Å²) in [5, 5.41) is 50.6. The molecule has 96 heavy (non-hydrogen) atoms. The zero-order valence-corrected chi connectivity index (χ0v) is 54.5. The first-order chi connectivity index (χ1) is 47.3. The topological polar surface area (TPSA) is 134 Å². The van der Waals surface area contributed by atoms with Crippen LogP contribution in [0.4, 0.5) is 0 Å². The molecule has 0 fully saturated rings. The normalized spacial score (nSPS) is 11.1. The number of rotatable bonds is 6. The molecule has 3 heterocycles. The number of benzene rings is 15. The summed E-state index contributed by atoms with van der Waals surface area (Å²) < 4.78 is 17.1. The van der Waals surface area contributed by atoms with Crippen molar-refractivity contribution in [2.24, 2.45) is 0 Å². The number of hydrogen-bond acceptors (Lipinski definition) is 8. The van der Waals surface area contributed by atoms with Gasteiger partial charge in [0, 0.05) is 51.4 Å². The third-order valence-electron chi connectivity index (χ3n) is 18.1. The van der Waals surface area contributed by atoms with Gasteiger partial charge < -0.3 is 15.3 Å². The SMILES string of the molecule is Oc1c(-c2cccc3ccccc23)cc(-c2cccc3ccccc23)c2cccnc12.Oc1c(-c2cccc3ccccc23)cc(-c2cccc3ccccc23)c2cccnc12.Oc1c(-c2cccc3ccccc23)cc(-c2cccc3ccccc23)c2cccnc12.[O]=[W]=[O]. The predicted octanol–water partition coefficient (Wildman–Crippen LogP) is 22.5. The fourth-order valence-corrected chi connectivity index (χ4v) is 13.7. The molecule has 18 aromatic rings. The number of nitrogens with zero attached hydrogens (tertiary/aromatic N) is 3. The summed E-state index contributed by atoms with van der Waals surface area (Å²) in [6.07, 6.45) is 5.21. The summed E-state index contributed by atoms with van der Waals surface area (Å²) in [5.74, 6) is 0.655. The van der Waals surface area contributed by atoms with Gasteiger partial charge in [-0.1, -0.05) is 273 Å². The molecule has 0 saturated heterocycles. The first-order valence-electron chi connectivity index (χ1n) is 31.5. The maximum absolute atomic E-state index is 11.3. The van der Waals surface area contributed by atoms with Crippen LogP contribution in [0.25, 0.3) is 164 Å². The monoisotopic (exact) mass is 1410 g/mol. The van der Waals surface area contributed by atoms with Gasteiger partial charge in [0.15, 0.2) is 0 Å². The Kier molecular flexibility index (Phi) is 16.5. The third kappa shape index (κ3) is 11.1. The molecule has 15 aromatic carbocycles. The molecule has 0 aliphatic carbocycles. The number of fused-ring (bicyclic) bond motifs is 9. The van der Waals surface area contributed by atoms with Crippen molar-refractivity contribution in [3.8, 4) is 84.0 Å². The van der Waals surface area contributed by atoms with Gasteiger partial charge in [0.1, 0.15) is 33.8 Å². The minimum atomic E-state index is -2.25. The minimum absolute atomic E-state index is 0.218. The van der Waals surface area contributed by atoms with E-state index in [0.717, 1.165) is 115 Å². The fourth-order valence-electron chi connectivity index (χ4n) is 13.7. The van der Waals surface area contributed by atoms with Gasteiger partial charge >= 0.3 is 25.3 Å². The first kappa shape index (κ1) is 60.0. The van der Waals surface area contributed by atoms with Crippen LogP contribution in [0.2, 0.25) is 0 Å². The Morgan fingerprint density at radius 3 is 0.594 bits per heavy atom.